The molecule has 25 aromatic rings. The number of nitrogens with zero attached hydrogens (tertiary/aromatic N) is 11. The fraction of sp³-hybridized carbons (Fsp3) is 0.0677. The minimum absolute atomic E-state index is 0.0715. The first-order chi connectivity index (χ1) is 70.6. The summed E-state index contributed by atoms with van der Waals surface area (Å²) in [5, 5.41) is 7.28. The van der Waals surface area contributed by atoms with Crippen molar-refractivity contribution in [1.82, 2.24) is 53.6 Å². The molecule has 28 rings (SSSR count). The molecule has 3 aliphatic rings. The van der Waals surface area contributed by atoms with E-state index in [0.29, 0.717) is 41.0 Å². The average molecular weight is 1850 g/mol. The molecule has 0 bridgehead atoms. The maximum Gasteiger partial charge on any atom is 0.238 e. The summed E-state index contributed by atoms with van der Waals surface area (Å²) in [5.74, 6) is 4.48. The molecule has 3 aliphatic carbocycles. The molecule has 0 amide bonds. The van der Waals surface area contributed by atoms with Crippen LogP contribution in [0.4, 0.5) is 0 Å². The van der Waals surface area contributed by atoms with Crippen LogP contribution in [0, 0.1) is 0 Å². The molecule has 144 heavy (non-hydrogen) atoms. The van der Waals surface area contributed by atoms with Crippen molar-refractivity contribution in [3.63, 3.8) is 0 Å². The number of benzene rings is 19. The lowest BCUT2D eigenvalue weighted by Gasteiger charge is -2.21. The van der Waals surface area contributed by atoms with Gasteiger partial charge in [-0.2, -0.15) is 9.97 Å². The number of hydrogen-bond acceptors (Lipinski definition) is 8. The summed E-state index contributed by atoms with van der Waals surface area (Å²) >= 11 is 0. The Morgan fingerprint density at radius 3 is 0.896 bits per heavy atom. The minimum Gasteiger partial charge on any atom is -0.309 e. The highest BCUT2D eigenvalue weighted by atomic mass is 15.2. The van der Waals surface area contributed by atoms with Crippen molar-refractivity contribution in [2.24, 2.45) is 0 Å². The third kappa shape index (κ3) is 14.7. The highest BCUT2D eigenvalue weighted by Crippen LogP contribution is 2.56. The van der Waals surface area contributed by atoms with E-state index in [1.165, 1.54) is 132 Å². The first-order valence-corrected chi connectivity index (χ1v) is 49.3. The van der Waals surface area contributed by atoms with Gasteiger partial charge in [-0.15, -0.1) is 0 Å². The molecule has 11 nitrogen and oxygen atoms in total. The fourth-order valence-electron chi connectivity index (χ4n) is 22.5. The van der Waals surface area contributed by atoms with Crippen molar-refractivity contribution in [1.29, 1.82) is 0 Å². The van der Waals surface area contributed by atoms with E-state index in [9.17, 15) is 0 Å². The molecule has 0 unspecified atom stereocenters. The number of para-hydroxylation sites is 2. The van der Waals surface area contributed by atoms with Gasteiger partial charge in [0, 0.05) is 93.2 Å². The van der Waals surface area contributed by atoms with Crippen molar-refractivity contribution >= 4 is 65.4 Å². The molecule has 0 spiro atoms. The third-order valence-electron chi connectivity index (χ3n) is 29.7. The molecule has 6 aromatic heterocycles. The molecule has 0 radical (unpaired) electrons. The number of hydrogen-bond donors (Lipinski definition) is 0. The Kier molecular flexibility index (Phi) is 20.7. The van der Waals surface area contributed by atoms with Crippen molar-refractivity contribution in [2.45, 2.75) is 57.8 Å². The summed E-state index contributed by atoms with van der Waals surface area (Å²) in [4.78, 5) is 41.0. The Balaban J connectivity index is 0.000000110. The van der Waals surface area contributed by atoms with Gasteiger partial charge in [0.25, 0.3) is 0 Å². The normalized spacial score (nSPS) is 13.1. The highest BCUT2D eigenvalue weighted by Gasteiger charge is 2.40. The van der Waals surface area contributed by atoms with E-state index in [1.54, 1.807) is 0 Å². The van der Waals surface area contributed by atoms with E-state index in [0.717, 1.165) is 89.2 Å². The van der Waals surface area contributed by atoms with E-state index >= 15 is 0 Å². The molecule has 6 heterocycles. The van der Waals surface area contributed by atoms with Crippen LogP contribution in [0.25, 0.3) is 229 Å². The Morgan fingerprint density at radius 2 is 0.438 bits per heavy atom. The molecule has 0 N–H and O–H groups in total. The predicted molar refractivity (Wildman–Crippen MR) is 592 cm³/mol. The maximum absolute atomic E-state index is 5.32. The molecular weight excluding hydrogens is 1750 g/mol. The van der Waals surface area contributed by atoms with Gasteiger partial charge < -0.3 is 4.57 Å². The van der Waals surface area contributed by atoms with E-state index in [2.05, 4.69) is 443 Å². The van der Waals surface area contributed by atoms with Crippen LogP contribution in [0.15, 0.2) is 467 Å². The van der Waals surface area contributed by atoms with E-state index in [-0.39, 0.29) is 16.2 Å². The molecule has 11 heteroatoms. The molecule has 682 valence electrons. The molecule has 0 atom stereocenters. The van der Waals surface area contributed by atoms with E-state index in [1.807, 2.05) is 78.9 Å². The van der Waals surface area contributed by atoms with Crippen LogP contribution in [0.2, 0.25) is 0 Å². The zero-order valence-electron chi connectivity index (χ0n) is 80.4. The van der Waals surface area contributed by atoms with Gasteiger partial charge in [0.15, 0.2) is 29.1 Å². The van der Waals surface area contributed by atoms with Crippen LogP contribution in [-0.2, 0) is 16.2 Å². The van der Waals surface area contributed by atoms with Crippen molar-refractivity contribution in [3.05, 3.63) is 500 Å². The monoisotopic (exact) mass is 1850 g/mol. The lowest BCUT2D eigenvalue weighted by Crippen LogP contribution is -2.14. The third-order valence-corrected chi connectivity index (χ3v) is 29.7. The van der Waals surface area contributed by atoms with Crippen LogP contribution < -0.4 is 0 Å². The van der Waals surface area contributed by atoms with Crippen LogP contribution in [0.3, 0.4) is 0 Å². The van der Waals surface area contributed by atoms with Gasteiger partial charge in [0.2, 0.25) is 11.9 Å². The van der Waals surface area contributed by atoms with Gasteiger partial charge in [-0.3, -0.25) is 9.13 Å². The van der Waals surface area contributed by atoms with Gasteiger partial charge in [-0.25, -0.2) is 29.9 Å². The lowest BCUT2D eigenvalue weighted by molar-refractivity contribution is 0.661. The van der Waals surface area contributed by atoms with Gasteiger partial charge >= 0.3 is 0 Å². The quantitative estimate of drug-likeness (QED) is 0.112. The van der Waals surface area contributed by atoms with Crippen LogP contribution >= 0.6 is 0 Å². The lowest BCUT2D eigenvalue weighted by atomic mass is 9.82. The van der Waals surface area contributed by atoms with Crippen molar-refractivity contribution in [3.8, 4) is 164 Å². The molecule has 19 aromatic carbocycles. The van der Waals surface area contributed by atoms with Gasteiger partial charge in [0.05, 0.1) is 44.5 Å². The van der Waals surface area contributed by atoms with E-state index in [4.69, 9.17) is 39.9 Å². The topological polar surface area (TPSA) is 118 Å². The largest absolute Gasteiger partial charge is 0.309 e. The predicted octanol–water partition coefficient (Wildman–Crippen LogP) is 33.1. The second-order valence-corrected chi connectivity index (χ2v) is 39.3. The van der Waals surface area contributed by atoms with Crippen molar-refractivity contribution < 1.29 is 0 Å². The summed E-state index contributed by atoms with van der Waals surface area (Å²) in [6.45, 7) is 14.0. The van der Waals surface area contributed by atoms with Gasteiger partial charge in [-0.1, -0.05) is 424 Å². The average Bonchev–Trinajstić information content (AvgIpc) is 1.55. The molecule has 0 saturated heterocycles. The van der Waals surface area contributed by atoms with Crippen LogP contribution in [0.5, 0.6) is 0 Å². The SMILES string of the molecule is CC1(C)c2ccccc2-c2cc3c(cc21)c1cc(-c2ccccc2)ccc1n3-c1nc(-c2ccccc2)nc(-c2ccccc2)n1.CC1(C)c2ccccc2-c2cc3c(cc21)c1ccccc1n3-c1cccc(-c2nc(-c3ccccc3)nc(-c3ccc(-c4ccccc4)cc3)n2)c1.CC1(C)c2ccccc2-c2cc3c(cc21)c1ccccc1n3-c1nc(-c2ccccc2)cc(-c2cccc(-c3ccccc3)c2)n1. The molecule has 0 saturated carbocycles. The summed E-state index contributed by atoms with van der Waals surface area (Å²) in [6.07, 6.45) is 0. The molecule has 0 aliphatic heterocycles. The second-order valence-electron chi connectivity index (χ2n) is 39.3. The van der Waals surface area contributed by atoms with E-state index < -0.39 is 0 Å². The number of rotatable bonds is 13. The van der Waals surface area contributed by atoms with Crippen LogP contribution in [-0.4, -0.2) is 53.6 Å². The Morgan fingerprint density at radius 1 is 0.153 bits per heavy atom. The van der Waals surface area contributed by atoms with Gasteiger partial charge in [0.1, 0.15) is 0 Å². The van der Waals surface area contributed by atoms with Gasteiger partial charge in [-0.05, 0) is 185 Å². The fourth-order valence-corrected chi connectivity index (χ4v) is 22.5. The molecule has 0 fully saturated rings. The minimum atomic E-state index is -0.111. The standard InChI is InChI=1S/C48H34N4.C43H31N3.C42H30N4/c1-48(2)41-22-11-9-20-37(41)39-30-44-40(29-42(39)48)38-21-10-12-23-43(38)52(44)36-19-13-18-35(28-36)47-50-45(33-16-7-4-8-17-33)49-46(51-47)34-26-24-32(25-27-34)31-14-5-3-6-15-31;1-43(2)36-22-11-9-20-32(36)34-26-41-35(25-37(34)43)33-21-10-12-23-40(33)46(41)42-44-38(29-16-7-4-8-17-29)27-39(45-42)31-19-13-18-30(24-31)28-14-5-3-6-15-28;1-42(2)35-21-13-12-20-31(35)32-26-38-34(25-36(32)42)33-24-30(27-14-6-3-7-15-27)22-23-37(33)46(38)41-44-39(28-16-8-4-9-17-28)43-40(45-41)29-18-10-5-11-19-29/h3-30H,1-2H3;3-27H,1-2H3;3-26H,1-2H3. The van der Waals surface area contributed by atoms with Crippen LogP contribution in [0.1, 0.15) is 74.9 Å². The summed E-state index contributed by atoms with van der Waals surface area (Å²) in [5.41, 5.74) is 39.1. The second kappa shape index (κ2) is 34.6. The molecular formula is C133H95N11. The van der Waals surface area contributed by atoms with Crippen molar-refractivity contribution in [2.75, 3.05) is 0 Å². The summed E-state index contributed by atoms with van der Waals surface area (Å²) < 4.78 is 6.88. The zero-order chi connectivity index (χ0) is 96.5. The first-order valence-electron chi connectivity index (χ1n) is 49.3. The summed E-state index contributed by atoms with van der Waals surface area (Å²) in [7, 11) is 0. The highest BCUT2D eigenvalue weighted by molar-refractivity contribution is 6.15. The maximum atomic E-state index is 5.32. The number of aromatic nitrogens is 11. The Bertz CT molecular complexity index is 9320. The Labute approximate surface area is 835 Å². The zero-order valence-corrected chi connectivity index (χ0v) is 80.4. The summed E-state index contributed by atoms with van der Waals surface area (Å²) in [6, 6.07) is 165. The number of fused-ring (bicyclic) bond motifs is 18. The first kappa shape index (κ1) is 86.0. The Hall–Kier alpha value is -18.3. The smallest absolute Gasteiger partial charge is 0.238 e.